The lowest BCUT2D eigenvalue weighted by Crippen LogP contribution is -2.45. The van der Waals surface area contributed by atoms with Gasteiger partial charge in [0.2, 0.25) is 5.91 Å². The third-order valence-electron chi connectivity index (χ3n) is 3.48. The van der Waals surface area contributed by atoms with Gasteiger partial charge in [-0.3, -0.25) is 4.79 Å². The van der Waals surface area contributed by atoms with E-state index in [9.17, 15) is 9.59 Å². The topological polar surface area (TPSA) is 55.4 Å². The number of carbonyl (C=O) groups is 2. The molecule has 1 fully saturated rings. The summed E-state index contributed by atoms with van der Waals surface area (Å²) in [5.41, 5.74) is 0.227. The molecule has 1 heterocycles. The molecule has 1 aliphatic rings. The van der Waals surface area contributed by atoms with E-state index in [0.29, 0.717) is 5.02 Å². The first kappa shape index (κ1) is 13.9. The number of nitrogens with one attached hydrogen (secondary N) is 1. The first-order chi connectivity index (χ1) is 8.97. The van der Waals surface area contributed by atoms with Crippen molar-refractivity contribution in [3.8, 4) is 0 Å². The summed E-state index contributed by atoms with van der Waals surface area (Å²) in [7, 11) is 0. The van der Waals surface area contributed by atoms with E-state index in [4.69, 9.17) is 16.3 Å². The first-order valence-corrected chi connectivity index (χ1v) is 6.57. The van der Waals surface area contributed by atoms with Crippen LogP contribution >= 0.6 is 11.6 Å². The van der Waals surface area contributed by atoms with E-state index < -0.39 is 17.4 Å². The van der Waals surface area contributed by atoms with Gasteiger partial charge >= 0.3 is 5.97 Å². The van der Waals surface area contributed by atoms with E-state index in [-0.39, 0.29) is 18.9 Å². The number of carbonyl (C=O) groups excluding carboxylic acids is 2. The van der Waals surface area contributed by atoms with Crippen molar-refractivity contribution in [2.75, 3.05) is 6.61 Å². The molecule has 2 atom stereocenters. The number of hydrogen-bond donors (Lipinski definition) is 1. The van der Waals surface area contributed by atoms with Crippen LogP contribution in [0.1, 0.15) is 25.8 Å². The Kier molecular flexibility index (Phi) is 3.80. The highest BCUT2D eigenvalue weighted by Crippen LogP contribution is 2.37. The lowest BCUT2D eigenvalue weighted by molar-refractivity contribution is -0.147. The van der Waals surface area contributed by atoms with E-state index >= 15 is 0 Å². The summed E-state index contributed by atoms with van der Waals surface area (Å²) in [6.07, 6.45) is 0.247. The average molecular weight is 282 g/mol. The molecule has 2 rings (SSSR count). The van der Waals surface area contributed by atoms with Crippen molar-refractivity contribution in [2.24, 2.45) is 0 Å². The average Bonchev–Trinajstić information content (AvgIpc) is 2.66. The maximum absolute atomic E-state index is 12.0. The third-order valence-corrected chi connectivity index (χ3v) is 3.71. The smallest absolute Gasteiger partial charge is 0.329 e. The molecule has 1 saturated heterocycles. The molecule has 1 aromatic rings. The van der Waals surface area contributed by atoms with Crippen LogP contribution in [0.25, 0.3) is 0 Å². The number of ether oxygens (including phenoxy) is 1. The van der Waals surface area contributed by atoms with Crippen molar-refractivity contribution >= 4 is 23.5 Å². The molecular weight excluding hydrogens is 266 g/mol. The fraction of sp³-hybridized carbons (Fsp3) is 0.429. The number of benzene rings is 1. The molecule has 1 aromatic carbocycles. The Bertz CT molecular complexity index is 517. The van der Waals surface area contributed by atoms with Crippen LogP contribution in [0.5, 0.6) is 0 Å². The number of halogens is 1. The second kappa shape index (κ2) is 5.21. The van der Waals surface area contributed by atoms with E-state index in [1.807, 2.05) is 19.1 Å². The monoisotopic (exact) mass is 281 g/mol. The predicted octanol–water partition coefficient (Wildman–Crippen LogP) is 2.05. The molecular formula is C14H16ClNO3. The molecule has 1 amide bonds. The van der Waals surface area contributed by atoms with E-state index in [0.717, 1.165) is 5.56 Å². The van der Waals surface area contributed by atoms with Crippen LogP contribution in [0.4, 0.5) is 0 Å². The quantitative estimate of drug-likeness (QED) is 0.863. The number of hydrogen-bond acceptors (Lipinski definition) is 3. The predicted molar refractivity (Wildman–Crippen MR) is 72.0 cm³/mol. The molecule has 0 aromatic heterocycles. The van der Waals surface area contributed by atoms with Crippen molar-refractivity contribution < 1.29 is 14.3 Å². The van der Waals surface area contributed by atoms with Gasteiger partial charge in [0.1, 0.15) is 6.04 Å². The van der Waals surface area contributed by atoms with Gasteiger partial charge in [-0.2, -0.15) is 0 Å². The van der Waals surface area contributed by atoms with Crippen molar-refractivity contribution in [3.63, 3.8) is 0 Å². The number of rotatable bonds is 3. The highest BCUT2D eigenvalue weighted by Gasteiger charge is 2.49. The van der Waals surface area contributed by atoms with Crippen LogP contribution in [0.15, 0.2) is 24.3 Å². The summed E-state index contributed by atoms with van der Waals surface area (Å²) in [4.78, 5) is 23.7. The summed E-state index contributed by atoms with van der Waals surface area (Å²) in [6, 6.07) is 6.57. The van der Waals surface area contributed by atoms with Gasteiger partial charge in [0, 0.05) is 16.9 Å². The second-order valence-corrected chi connectivity index (χ2v) is 5.29. The molecule has 102 valence electrons. The van der Waals surface area contributed by atoms with Gasteiger partial charge in [-0.1, -0.05) is 30.7 Å². The van der Waals surface area contributed by atoms with Crippen molar-refractivity contribution in [1.82, 2.24) is 5.32 Å². The molecule has 0 bridgehead atoms. The molecule has 0 spiro atoms. The van der Waals surface area contributed by atoms with Crippen LogP contribution in [0, 0.1) is 0 Å². The molecule has 19 heavy (non-hydrogen) atoms. The summed E-state index contributed by atoms with van der Waals surface area (Å²) in [5, 5.41) is 3.27. The van der Waals surface area contributed by atoms with Crippen molar-refractivity contribution in [2.45, 2.75) is 31.7 Å². The van der Waals surface area contributed by atoms with Gasteiger partial charge in [0.05, 0.1) is 6.61 Å². The van der Waals surface area contributed by atoms with Crippen molar-refractivity contribution in [3.05, 3.63) is 34.9 Å². The number of esters is 1. The third kappa shape index (κ3) is 2.59. The fourth-order valence-electron chi connectivity index (χ4n) is 2.46. The fourth-order valence-corrected chi connectivity index (χ4v) is 2.65. The van der Waals surface area contributed by atoms with Gasteiger partial charge in [0.25, 0.3) is 0 Å². The van der Waals surface area contributed by atoms with Gasteiger partial charge in [-0.25, -0.2) is 4.79 Å². The summed E-state index contributed by atoms with van der Waals surface area (Å²) >= 11 is 5.99. The Morgan fingerprint density at radius 3 is 2.95 bits per heavy atom. The van der Waals surface area contributed by atoms with Crippen LogP contribution in [0.2, 0.25) is 5.02 Å². The second-order valence-electron chi connectivity index (χ2n) is 4.86. The highest BCUT2D eigenvalue weighted by molar-refractivity contribution is 6.30. The minimum atomic E-state index is -0.668. The van der Waals surface area contributed by atoms with Crippen molar-refractivity contribution in [1.29, 1.82) is 0 Å². The molecule has 2 unspecified atom stereocenters. The van der Waals surface area contributed by atoms with Gasteiger partial charge in [-0.15, -0.1) is 0 Å². The molecule has 0 radical (unpaired) electrons. The van der Waals surface area contributed by atoms with Gasteiger partial charge < -0.3 is 10.1 Å². The van der Waals surface area contributed by atoms with Gasteiger partial charge in [-0.05, 0) is 24.6 Å². The Hall–Kier alpha value is -1.55. The van der Waals surface area contributed by atoms with Crippen LogP contribution in [0.3, 0.4) is 0 Å². The summed E-state index contributed by atoms with van der Waals surface area (Å²) < 4.78 is 5.03. The summed E-state index contributed by atoms with van der Waals surface area (Å²) in [6.45, 7) is 3.90. The Labute approximate surface area is 117 Å². The normalized spacial score (nSPS) is 26.1. The Morgan fingerprint density at radius 2 is 2.32 bits per heavy atom. The zero-order valence-corrected chi connectivity index (χ0v) is 11.7. The maximum Gasteiger partial charge on any atom is 0.329 e. The lowest BCUT2D eigenvalue weighted by Gasteiger charge is -2.29. The van der Waals surface area contributed by atoms with Crippen LogP contribution in [-0.2, 0) is 19.7 Å². The van der Waals surface area contributed by atoms with Gasteiger partial charge in [0.15, 0.2) is 0 Å². The molecule has 5 heteroatoms. The number of amides is 1. The van der Waals surface area contributed by atoms with E-state index in [1.54, 1.807) is 19.1 Å². The molecule has 0 aliphatic carbocycles. The van der Waals surface area contributed by atoms with E-state index in [1.165, 1.54) is 0 Å². The Balaban J connectivity index is 2.38. The minimum Gasteiger partial charge on any atom is -0.464 e. The highest BCUT2D eigenvalue weighted by atomic mass is 35.5. The Morgan fingerprint density at radius 1 is 1.58 bits per heavy atom. The summed E-state index contributed by atoms with van der Waals surface area (Å²) in [5.74, 6) is -0.559. The van der Waals surface area contributed by atoms with Crippen LogP contribution < -0.4 is 5.32 Å². The maximum atomic E-state index is 12.0. The van der Waals surface area contributed by atoms with E-state index in [2.05, 4.69) is 5.32 Å². The molecule has 4 nitrogen and oxygen atoms in total. The molecule has 1 N–H and O–H groups in total. The first-order valence-electron chi connectivity index (χ1n) is 6.19. The zero-order chi connectivity index (χ0) is 14.0. The lowest BCUT2D eigenvalue weighted by atomic mass is 9.76. The molecule has 1 aliphatic heterocycles. The zero-order valence-electron chi connectivity index (χ0n) is 10.9. The SMILES string of the molecule is CCOC(=O)C1NC(=O)CC1(C)c1cccc(Cl)c1. The minimum absolute atomic E-state index is 0.152. The standard InChI is InChI=1S/C14H16ClNO3/c1-3-19-13(18)12-14(2,8-11(17)16-12)9-5-4-6-10(15)7-9/h4-7,12H,3,8H2,1-2H3,(H,16,17). The van der Waals surface area contributed by atoms with Crippen LogP contribution in [-0.4, -0.2) is 24.5 Å². The largest absolute Gasteiger partial charge is 0.464 e. The molecule has 0 saturated carbocycles.